The van der Waals surface area contributed by atoms with Gasteiger partial charge >= 0.3 is 0 Å². The highest BCUT2D eigenvalue weighted by molar-refractivity contribution is 8.45. The van der Waals surface area contributed by atoms with Crippen molar-refractivity contribution in [3.05, 3.63) is 90.6 Å². The number of aryl methyl sites for hydroxylation is 1. The van der Waals surface area contributed by atoms with Crippen molar-refractivity contribution in [1.82, 2.24) is 0 Å². The largest absolute Gasteiger partial charge is 0.507 e. The lowest BCUT2D eigenvalue weighted by atomic mass is 10.1. The van der Waals surface area contributed by atoms with Crippen LogP contribution in [0.4, 0.5) is 0 Å². The van der Waals surface area contributed by atoms with E-state index < -0.39 is 0 Å². The highest BCUT2D eigenvalue weighted by Gasteiger charge is 2.31. The molecule has 2 aromatic carbocycles. The van der Waals surface area contributed by atoms with Gasteiger partial charge in [-0.1, -0.05) is 89.5 Å². The van der Waals surface area contributed by atoms with E-state index in [1.165, 1.54) is 36.9 Å². The third-order valence-electron chi connectivity index (χ3n) is 5.48. The number of hydrogen-bond acceptors (Lipinski definition) is 11. The molecule has 3 aliphatic rings. The number of hydrogen-bond donors (Lipinski definition) is 2. The maximum atomic E-state index is 10.9. The number of aliphatic imine (C=N–C) groups is 1. The summed E-state index contributed by atoms with van der Waals surface area (Å²) < 4.78 is 8.58. The summed E-state index contributed by atoms with van der Waals surface area (Å²) in [5, 5.41) is 20.7. The maximum Gasteiger partial charge on any atom is 0.127 e. The normalized spacial score (nSPS) is 18.9. The van der Waals surface area contributed by atoms with Gasteiger partial charge in [-0.05, 0) is 29.9 Å². The fourth-order valence-electron chi connectivity index (χ4n) is 3.63. The number of aliphatic hydroxyl groups excluding tert-OH is 1. The zero-order valence-electron chi connectivity index (χ0n) is 19.9. The van der Waals surface area contributed by atoms with Crippen molar-refractivity contribution in [2.45, 2.75) is 12.5 Å². The average molecular weight is 640 g/mol. The van der Waals surface area contributed by atoms with E-state index in [9.17, 15) is 10.2 Å². The lowest BCUT2D eigenvalue weighted by Crippen LogP contribution is -2.02. The molecule has 0 aliphatic carbocycles. The molecule has 0 bridgehead atoms. The molecule has 0 spiro atoms. The van der Waals surface area contributed by atoms with Gasteiger partial charge in [-0.3, -0.25) is 4.99 Å². The molecular formula is C26H25NO2S8. The highest BCUT2D eigenvalue weighted by Crippen LogP contribution is 2.66. The molecule has 0 radical (unpaired) electrons. The fraction of sp³-hybridized carbons (Fsp3) is 0.269. The van der Waals surface area contributed by atoms with Crippen molar-refractivity contribution in [2.75, 3.05) is 30.1 Å². The van der Waals surface area contributed by atoms with Gasteiger partial charge in [0.2, 0.25) is 0 Å². The second-order valence-electron chi connectivity index (χ2n) is 7.87. The molecule has 1 unspecified atom stereocenters. The number of rotatable bonds is 9. The number of thioether (sulfide) groups is 8. The minimum Gasteiger partial charge on any atom is -0.507 e. The van der Waals surface area contributed by atoms with Gasteiger partial charge in [0.1, 0.15) is 5.75 Å². The van der Waals surface area contributed by atoms with E-state index in [0.29, 0.717) is 5.56 Å². The quantitative estimate of drug-likeness (QED) is 0.260. The zero-order chi connectivity index (χ0) is 25.6. The number of aromatic hydroxyl groups is 1. The van der Waals surface area contributed by atoms with E-state index in [4.69, 9.17) is 0 Å². The summed E-state index contributed by atoms with van der Waals surface area (Å²) in [6, 6.07) is 15.2. The molecule has 37 heavy (non-hydrogen) atoms. The summed E-state index contributed by atoms with van der Waals surface area (Å²) in [4.78, 5) is 4.55. The van der Waals surface area contributed by atoms with Crippen LogP contribution in [-0.4, -0.2) is 46.5 Å². The highest BCUT2D eigenvalue weighted by atomic mass is 32.3. The van der Waals surface area contributed by atoms with Crippen molar-refractivity contribution in [3.63, 3.8) is 0 Å². The monoisotopic (exact) mass is 639 g/mol. The Kier molecular flexibility index (Phi) is 10.7. The predicted octanol–water partition coefficient (Wildman–Crippen LogP) is 9.00. The Morgan fingerprint density at radius 1 is 0.892 bits per heavy atom. The molecule has 0 fully saturated rings. The standard InChI is InChI=1S/C26H25NO2S8/c1-30-21-22(35-25(34-21)26-36-23-24(37-26)33-13-12-32-23)31-11-10-17-8-5-9-18(20(17)29)14-27-19(15-28)16-6-3-2-4-7-16/h2-9,14,19,28-29H,10-13,15H2,1H3. The van der Waals surface area contributed by atoms with Gasteiger partial charge in [0.05, 0.1) is 38.1 Å². The number of para-hydroxylation sites is 1. The van der Waals surface area contributed by atoms with E-state index in [-0.39, 0.29) is 18.4 Å². The number of aliphatic hydroxyl groups is 1. The summed E-state index contributed by atoms with van der Waals surface area (Å²) >= 11 is 15.4. The van der Waals surface area contributed by atoms with Crippen molar-refractivity contribution in [2.24, 2.45) is 4.99 Å². The van der Waals surface area contributed by atoms with Crippen molar-refractivity contribution in [3.8, 4) is 5.75 Å². The second-order valence-corrected chi connectivity index (χ2v) is 17.6. The Labute approximate surface area is 252 Å². The Hall–Kier alpha value is -0.110. The zero-order valence-corrected chi connectivity index (χ0v) is 26.4. The molecule has 3 heterocycles. The molecule has 2 N–H and O–H groups in total. The van der Waals surface area contributed by atoms with E-state index in [0.717, 1.165) is 23.3 Å². The predicted molar refractivity (Wildman–Crippen MR) is 178 cm³/mol. The average Bonchev–Trinajstić information content (AvgIpc) is 3.55. The molecule has 11 heteroatoms. The van der Waals surface area contributed by atoms with Gasteiger partial charge in [-0.25, -0.2) is 0 Å². The molecule has 194 valence electrons. The van der Waals surface area contributed by atoms with E-state index >= 15 is 0 Å². The third-order valence-corrected chi connectivity index (χ3v) is 17.2. The number of phenols is 1. The van der Waals surface area contributed by atoms with E-state index in [1.54, 1.807) is 6.21 Å². The lowest BCUT2D eigenvalue weighted by Gasteiger charge is -2.11. The van der Waals surface area contributed by atoms with Crippen molar-refractivity contribution >= 4 is 100 Å². The van der Waals surface area contributed by atoms with Gasteiger partial charge in [0.25, 0.3) is 0 Å². The molecule has 0 amide bonds. The number of benzene rings is 2. The molecule has 0 saturated heterocycles. The minimum absolute atomic E-state index is 0.0777. The first kappa shape index (κ1) is 28.4. The van der Waals surface area contributed by atoms with Gasteiger partial charge in [-0.15, -0.1) is 47.0 Å². The third kappa shape index (κ3) is 7.16. The Morgan fingerprint density at radius 3 is 2.30 bits per heavy atom. The van der Waals surface area contributed by atoms with Crippen LogP contribution in [0.5, 0.6) is 5.75 Å². The van der Waals surface area contributed by atoms with Crippen LogP contribution in [-0.2, 0) is 6.42 Å². The molecule has 2 aromatic rings. The minimum atomic E-state index is -0.342. The molecule has 0 aromatic heterocycles. The molecular weight excluding hydrogens is 615 g/mol. The maximum absolute atomic E-state index is 10.9. The van der Waals surface area contributed by atoms with Gasteiger partial charge in [0, 0.05) is 29.0 Å². The van der Waals surface area contributed by atoms with Crippen LogP contribution in [0.15, 0.2) is 78.9 Å². The van der Waals surface area contributed by atoms with E-state index in [2.05, 4.69) is 11.2 Å². The molecule has 3 nitrogen and oxygen atoms in total. The van der Waals surface area contributed by atoms with Gasteiger partial charge < -0.3 is 10.2 Å². The number of phenolic OH excluding ortho intramolecular Hbond substituents is 1. The lowest BCUT2D eigenvalue weighted by molar-refractivity contribution is 0.269. The summed E-state index contributed by atoms with van der Waals surface area (Å²) in [7, 11) is 0. The summed E-state index contributed by atoms with van der Waals surface area (Å²) in [5.41, 5.74) is 2.56. The van der Waals surface area contributed by atoms with Crippen molar-refractivity contribution in [1.29, 1.82) is 0 Å². The summed E-state index contributed by atoms with van der Waals surface area (Å²) in [5.74, 6) is 3.60. The van der Waals surface area contributed by atoms with Crippen molar-refractivity contribution < 1.29 is 10.2 Å². The Bertz CT molecular complexity index is 1240. The van der Waals surface area contributed by atoms with Crippen LogP contribution in [0.3, 0.4) is 0 Å². The second kappa shape index (κ2) is 14.0. The van der Waals surface area contributed by atoms with Crippen LogP contribution >= 0.6 is 94.1 Å². The first-order chi connectivity index (χ1) is 18.2. The first-order valence-electron chi connectivity index (χ1n) is 11.5. The van der Waals surface area contributed by atoms with E-state index in [1.807, 2.05) is 143 Å². The topological polar surface area (TPSA) is 52.8 Å². The van der Waals surface area contributed by atoms with Crippen LogP contribution < -0.4 is 0 Å². The molecule has 0 saturated carbocycles. The first-order valence-corrected chi connectivity index (χ1v) is 19.0. The SMILES string of the molecule is CSC1=C(SCCc2cccc(C=NC(CO)c3ccccc3)c2O)SC(=C2SC3=C(SCCS3)S2)S1. The molecule has 5 rings (SSSR count). The summed E-state index contributed by atoms with van der Waals surface area (Å²) in [6.07, 6.45) is 4.61. The Morgan fingerprint density at radius 2 is 1.59 bits per heavy atom. The van der Waals surface area contributed by atoms with Crippen LogP contribution in [0, 0.1) is 0 Å². The van der Waals surface area contributed by atoms with Gasteiger partial charge in [-0.2, -0.15) is 0 Å². The van der Waals surface area contributed by atoms with Gasteiger partial charge in [0.15, 0.2) is 0 Å². The smallest absolute Gasteiger partial charge is 0.127 e. The van der Waals surface area contributed by atoms with Crippen LogP contribution in [0.25, 0.3) is 0 Å². The van der Waals surface area contributed by atoms with Crippen LogP contribution in [0.1, 0.15) is 22.7 Å². The van der Waals surface area contributed by atoms with Crippen LogP contribution in [0.2, 0.25) is 0 Å². The Balaban J connectivity index is 1.20. The molecule has 3 aliphatic heterocycles. The molecule has 1 atom stereocenters. The summed E-state index contributed by atoms with van der Waals surface area (Å²) in [6.45, 7) is -0.0777. The number of nitrogens with zero attached hydrogens (tertiary/aromatic N) is 1. The fourth-order valence-corrected chi connectivity index (χ4v) is 15.3.